The molecule has 0 fully saturated rings. The Morgan fingerprint density at radius 1 is 1.60 bits per heavy atom. The Hall–Kier alpha value is -1.32. The first-order chi connectivity index (χ1) is 4.59. The van der Waals surface area contributed by atoms with Gasteiger partial charge in [-0.25, -0.2) is 4.79 Å². The molecule has 3 N–H and O–H groups in total. The maximum absolute atomic E-state index is 10.3. The molecule has 0 saturated carbocycles. The number of carbonyl (C=O) groups is 2. The number of hydrogen-bond acceptors (Lipinski definition) is 2. The minimum Gasteiger partial charge on any atom is -0.478 e. The third-order valence-corrected chi connectivity index (χ3v) is 0.904. The number of amides is 1. The first-order valence-electron chi connectivity index (χ1n) is 2.82. The van der Waals surface area contributed by atoms with Crippen LogP contribution in [0.1, 0.15) is 13.3 Å². The van der Waals surface area contributed by atoms with E-state index in [0.717, 1.165) is 0 Å². The summed E-state index contributed by atoms with van der Waals surface area (Å²) in [5, 5.41) is 8.31. The smallest absolute Gasteiger partial charge is 0.340 e. The molecule has 0 aliphatic heterocycles. The summed E-state index contributed by atoms with van der Waals surface area (Å²) in [5.41, 5.74) is 4.39. The van der Waals surface area contributed by atoms with Crippen molar-refractivity contribution in [2.24, 2.45) is 5.73 Å². The highest BCUT2D eigenvalue weighted by molar-refractivity contribution is 6.14. The van der Waals surface area contributed by atoms with Gasteiger partial charge in [0, 0.05) is 0 Å². The number of carboxylic acid groups (broad SMARTS) is 1. The van der Waals surface area contributed by atoms with Crippen molar-refractivity contribution in [1.29, 1.82) is 0 Å². The summed E-state index contributed by atoms with van der Waals surface area (Å²) in [7, 11) is 0. The summed E-state index contributed by atoms with van der Waals surface area (Å²) >= 11 is 0. The van der Waals surface area contributed by atoms with Crippen LogP contribution in [0.25, 0.3) is 0 Å². The van der Waals surface area contributed by atoms with Crippen molar-refractivity contribution in [2.45, 2.75) is 13.3 Å². The van der Waals surface area contributed by atoms with E-state index in [0.29, 0.717) is 6.42 Å². The van der Waals surface area contributed by atoms with Crippen molar-refractivity contribution in [3.63, 3.8) is 0 Å². The van der Waals surface area contributed by atoms with Gasteiger partial charge in [0.1, 0.15) is 5.57 Å². The van der Waals surface area contributed by atoms with Crippen molar-refractivity contribution in [2.75, 3.05) is 0 Å². The molecule has 0 aliphatic rings. The maximum Gasteiger partial charge on any atom is 0.340 e. The van der Waals surface area contributed by atoms with Crippen molar-refractivity contribution >= 4 is 11.9 Å². The molecule has 0 aromatic rings. The van der Waals surface area contributed by atoms with Crippen LogP contribution in [-0.4, -0.2) is 17.0 Å². The van der Waals surface area contributed by atoms with E-state index in [4.69, 9.17) is 10.8 Å². The minimum absolute atomic E-state index is 0.345. The van der Waals surface area contributed by atoms with Crippen molar-refractivity contribution in [3.8, 4) is 0 Å². The topological polar surface area (TPSA) is 80.4 Å². The fourth-order valence-corrected chi connectivity index (χ4v) is 0.497. The van der Waals surface area contributed by atoms with Gasteiger partial charge in [0.05, 0.1) is 0 Å². The molecule has 0 bridgehead atoms. The highest BCUT2D eigenvalue weighted by Crippen LogP contribution is 1.94. The standard InChI is InChI=1S/C6H9NO3/c1-2-3-4(5(7)8)6(9)10/h3H,2H2,1H3,(H2,7,8)(H,9,10)/b4-3+. The Morgan fingerprint density at radius 3 is 2.20 bits per heavy atom. The third kappa shape index (κ3) is 2.30. The van der Waals surface area contributed by atoms with E-state index in [9.17, 15) is 9.59 Å². The first kappa shape index (κ1) is 8.68. The molecule has 0 aliphatic carbocycles. The molecule has 0 radical (unpaired) electrons. The number of carbonyl (C=O) groups excluding carboxylic acids is 1. The average molecular weight is 143 g/mol. The van der Waals surface area contributed by atoms with E-state index >= 15 is 0 Å². The normalized spacial score (nSPS) is 11.1. The summed E-state index contributed by atoms with van der Waals surface area (Å²) in [6.07, 6.45) is 1.77. The molecule has 0 spiro atoms. The number of carboxylic acids is 1. The third-order valence-electron chi connectivity index (χ3n) is 0.904. The molecule has 0 unspecified atom stereocenters. The lowest BCUT2D eigenvalue weighted by Crippen LogP contribution is -2.20. The molecular weight excluding hydrogens is 134 g/mol. The molecule has 4 nitrogen and oxygen atoms in total. The van der Waals surface area contributed by atoms with Gasteiger partial charge in [0.2, 0.25) is 0 Å². The average Bonchev–Trinajstić information content (AvgIpc) is 1.81. The van der Waals surface area contributed by atoms with Crippen LogP contribution in [0.5, 0.6) is 0 Å². The highest BCUT2D eigenvalue weighted by atomic mass is 16.4. The quantitative estimate of drug-likeness (QED) is 0.328. The molecule has 4 heteroatoms. The van der Waals surface area contributed by atoms with Crippen LogP contribution in [-0.2, 0) is 9.59 Å². The summed E-state index contributed by atoms with van der Waals surface area (Å²) in [5.74, 6) is -2.16. The van der Waals surface area contributed by atoms with Crippen molar-refractivity contribution in [3.05, 3.63) is 11.6 Å². The van der Waals surface area contributed by atoms with Gasteiger partial charge in [-0.1, -0.05) is 13.0 Å². The lowest BCUT2D eigenvalue weighted by Gasteiger charge is -1.92. The molecular formula is C6H9NO3. The van der Waals surface area contributed by atoms with Gasteiger partial charge in [-0.05, 0) is 6.42 Å². The molecule has 0 aromatic carbocycles. The van der Waals surface area contributed by atoms with Crippen LogP contribution in [0.4, 0.5) is 0 Å². The summed E-state index contributed by atoms with van der Waals surface area (Å²) < 4.78 is 0. The highest BCUT2D eigenvalue weighted by Gasteiger charge is 2.11. The van der Waals surface area contributed by atoms with Gasteiger partial charge in [-0.2, -0.15) is 0 Å². The van der Waals surface area contributed by atoms with Crippen molar-refractivity contribution < 1.29 is 14.7 Å². The second-order valence-corrected chi connectivity index (χ2v) is 1.70. The van der Waals surface area contributed by atoms with Gasteiger partial charge in [0.15, 0.2) is 0 Å². The fraction of sp³-hybridized carbons (Fsp3) is 0.333. The molecule has 0 aromatic heterocycles. The van der Waals surface area contributed by atoms with Crippen LogP contribution < -0.4 is 5.73 Å². The van der Waals surface area contributed by atoms with E-state index in [1.165, 1.54) is 6.08 Å². The van der Waals surface area contributed by atoms with Gasteiger partial charge >= 0.3 is 5.97 Å². The number of aliphatic carboxylic acids is 1. The number of nitrogens with two attached hydrogens (primary N) is 1. The molecule has 0 rings (SSSR count). The van der Waals surface area contributed by atoms with Crippen LogP contribution in [0.3, 0.4) is 0 Å². The summed E-state index contributed by atoms with van der Waals surface area (Å²) in [6.45, 7) is 1.73. The number of rotatable bonds is 3. The molecule has 10 heavy (non-hydrogen) atoms. The largest absolute Gasteiger partial charge is 0.478 e. The molecule has 1 amide bonds. The molecule has 0 heterocycles. The van der Waals surface area contributed by atoms with Crippen LogP contribution in [0, 0.1) is 0 Å². The summed E-state index contributed by atoms with van der Waals surface area (Å²) in [6, 6.07) is 0. The molecule has 0 saturated heterocycles. The zero-order valence-corrected chi connectivity index (χ0v) is 5.63. The Kier molecular flexibility index (Phi) is 3.17. The maximum atomic E-state index is 10.3. The van der Waals surface area contributed by atoms with Gasteiger partial charge in [0.25, 0.3) is 5.91 Å². The number of allylic oxidation sites excluding steroid dienone is 1. The fourth-order valence-electron chi connectivity index (χ4n) is 0.497. The second kappa shape index (κ2) is 3.66. The van der Waals surface area contributed by atoms with E-state index in [1.807, 2.05) is 0 Å². The Balaban J connectivity index is 4.42. The van der Waals surface area contributed by atoms with E-state index in [2.05, 4.69) is 0 Å². The van der Waals surface area contributed by atoms with Crippen molar-refractivity contribution in [1.82, 2.24) is 0 Å². The zero-order chi connectivity index (χ0) is 8.15. The van der Waals surface area contributed by atoms with Crippen LogP contribution in [0.2, 0.25) is 0 Å². The Morgan fingerprint density at radius 2 is 2.10 bits per heavy atom. The second-order valence-electron chi connectivity index (χ2n) is 1.70. The van der Waals surface area contributed by atoms with Gasteiger partial charge in [-0.15, -0.1) is 0 Å². The van der Waals surface area contributed by atoms with E-state index in [-0.39, 0.29) is 5.57 Å². The Bertz CT molecular complexity index is 167. The number of hydrogen-bond donors (Lipinski definition) is 2. The molecule has 56 valence electrons. The van der Waals surface area contributed by atoms with E-state index in [1.54, 1.807) is 6.92 Å². The van der Waals surface area contributed by atoms with Gasteiger partial charge < -0.3 is 10.8 Å². The summed E-state index contributed by atoms with van der Waals surface area (Å²) in [4.78, 5) is 20.5. The van der Waals surface area contributed by atoms with Gasteiger partial charge in [-0.3, -0.25) is 4.79 Å². The minimum atomic E-state index is -1.27. The predicted molar refractivity (Wildman–Crippen MR) is 35.2 cm³/mol. The van der Waals surface area contributed by atoms with E-state index < -0.39 is 11.9 Å². The Labute approximate surface area is 58.3 Å². The predicted octanol–water partition coefficient (Wildman–Crippen LogP) is -0.107. The monoisotopic (exact) mass is 143 g/mol. The number of primary amides is 1. The first-order valence-corrected chi connectivity index (χ1v) is 2.82. The zero-order valence-electron chi connectivity index (χ0n) is 5.63. The lowest BCUT2D eigenvalue weighted by molar-refractivity contribution is -0.134. The van der Waals surface area contributed by atoms with Crippen LogP contribution >= 0.6 is 0 Å². The van der Waals surface area contributed by atoms with Crippen LogP contribution in [0.15, 0.2) is 11.6 Å². The lowest BCUT2D eigenvalue weighted by atomic mass is 10.2. The SMILES string of the molecule is CC/C=C(\C(N)=O)C(=O)O. The molecule has 0 atom stereocenters.